The van der Waals surface area contributed by atoms with Crippen molar-refractivity contribution in [1.82, 2.24) is 0 Å². The number of anilines is 1. The highest BCUT2D eigenvalue weighted by Crippen LogP contribution is 2.24. The molecule has 0 spiro atoms. The summed E-state index contributed by atoms with van der Waals surface area (Å²) in [7, 11) is 0. The summed E-state index contributed by atoms with van der Waals surface area (Å²) in [4.78, 5) is 11.9. The molecule has 0 aliphatic heterocycles. The van der Waals surface area contributed by atoms with E-state index in [0.717, 1.165) is 6.07 Å². The molecule has 2 rings (SSSR count). The highest BCUT2D eigenvalue weighted by Gasteiger charge is 2.15. The van der Waals surface area contributed by atoms with Crippen molar-refractivity contribution in [2.75, 3.05) is 5.73 Å². The summed E-state index contributed by atoms with van der Waals surface area (Å²) >= 11 is 9.06. The van der Waals surface area contributed by atoms with Crippen molar-refractivity contribution in [2.24, 2.45) is 0 Å². The molecule has 0 heterocycles. The molecule has 0 saturated carbocycles. The summed E-state index contributed by atoms with van der Waals surface area (Å²) in [6.07, 6.45) is 0. The Labute approximate surface area is 128 Å². The van der Waals surface area contributed by atoms with Gasteiger partial charge in [0.1, 0.15) is 12.4 Å². The van der Waals surface area contributed by atoms with Crippen LogP contribution in [0.15, 0.2) is 40.9 Å². The Balaban J connectivity index is 2.13. The lowest BCUT2D eigenvalue weighted by atomic mass is 10.2. The quantitative estimate of drug-likeness (QED) is 0.661. The minimum Gasteiger partial charge on any atom is -0.457 e. The second-order valence-corrected chi connectivity index (χ2v) is 5.28. The van der Waals surface area contributed by atoms with Gasteiger partial charge in [-0.2, -0.15) is 0 Å². The molecule has 0 fully saturated rings. The molecule has 0 bridgehead atoms. The average molecular weight is 359 g/mol. The Kier molecular flexibility index (Phi) is 4.62. The summed E-state index contributed by atoms with van der Waals surface area (Å²) < 4.78 is 18.6. The molecular formula is C14H10BrClFNO2. The summed E-state index contributed by atoms with van der Waals surface area (Å²) in [5, 5.41) is 0.512. The number of halogens is 3. The van der Waals surface area contributed by atoms with E-state index in [9.17, 15) is 9.18 Å². The van der Waals surface area contributed by atoms with Crippen molar-refractivity contribution >= 4 is 39.2 Å². The standard InChI is InChI=1S/C14H10BrClFNO2/c15-10-6-12(17)13(18)5-9(10)14(19)20-7-8-3-1-2-4-11(8)16/h1-6H,7,18H2. The number of carbonyl (C=O) groups excluding carboxylic acids is 1. The molecule has 104 valence electrons. The van der Waals surface area contributed by atoms with Crippen molar-refractivity contribution in [3.8, 4) is 0 Å². The third kappa shape index (κ3) is 3.29. The van der Waals surface area contributed by atoms with Crippen LogP contribution in [0.1, 0.15) is 15.9 Å². The maximum absolute atomic E-state index is 13.2. The van der Waals surface area contributed by atoms with Crippen LogP contribution in [0.3, 0.4) is 0 Å². The number of hydrogen-bond donors (Lipinski definition) is 1. The summed E-state index contributed by atoms with van der Waals surface area (Å²) in [6.45, 7) is 0.0300. The zero-order valence-corrected chi connectivity index (χ0v) is 12.5. The molecule has 6 heteroatoms. The molecule has 0 aliphatic rings. The van der Waals surface area contributed by atoms with Gasteiger partial charge in [-0.3, -0.25) is 0 Å². The van der Waals surface area contributed by atoms with Crippen LogP contribution in [0.4, 0.5) is 10.1 Å². The maximum Gasteiger partial charge on any atom is 0.339 e. The van der Waals surface area contributed by atoms with Gasteiger partial charge in [-0.1, -0.05) is 29.8 Å². The smallest absolute Gasteiger partial charge is 0.339 e. The number of nitrogen functional groups attached to an aromatic ring is 1. The van der Waals surface area contributed by atoms with Crippen molar-refractivity contribution in [3.05, 3.63) is 62.8 Å². The molecule has 3 nitrogen and oxygen atoms in total. The molecule has 0 amide bonds. The summed E-state index contributed by atoms with van der Waals surface area (Å²) in [6, 6.07) is 9.39. The Hall–Kier alpha value is -1.59. The lowest BCUT2D eigenvalue weighted by Crippen LogP contribution is -2.08. The number of esters is 1. The molecule has 0 aromatic heterocycles. The largest absolute Gasteiger partial charge is 0.457 e. The second kappa shape index (κ2) is 6.24. The van der Waals surface area contributed by atoms with Crippen molar-refractivity contribution in [1.29, 1.82) is 0 Å². The van der Waals surface area contributed by atoms with Gasteiger partial charge in [0.05, 0.1) is 11.3 Å². The van der Waals surface area contributed by atoms with Gasteiger partial charge in [-0.05, 0) is 34.1 Å². The van der Waals surface area contributed by atoms with Gasteiger partial charge in [-0.25, -0.2) is 9.18 Å². The van der Waals surface area contributed by atoms with E-state index in [-0.39, 0.29) is 22.3 Å². The minimum absolute atomic E-state index is 0.0300. The van der Waals surface area contributed by atoms with E-state index in [4.69, 9.17) is 22.1 Å². The van der Waals surface area contributed by atoms with Crippen LogP contribution in [0, 0.1) is 5.82 Å². The fourth-order valence-corrected chi connectivity index (χ4v) is 2.23. The van der Waals surface area contributed by atoms with Crippen molar-refractivity contribution < 1.29 is 13.9 Å². The molecule has 0 unspecified atom stereocenters. The summed E-state index contributed by atoms with van der Waals surface area (Å²) in [5.41, 5.74) is 6.17. The van der Waals surface area contributed by atoms with Gasteiger partial charge in [0, 0.05) is 15.1 Å². The maximum atomic E-state index is 13.2. The predicted molar refractivity (Wildman–Crippen MR) is 79.1 cm³/mol. The minimum atomic E-state index is -0.608. The first-order valence-corrected chi connectivity index (χ1v) is 6.81. The lowest BCUT2D eigenvalue weighted by molar-refractivity contribution is 0.0472. The lowest BCUT2D eigenvalue weighted by Gasteiger charge is -2.08. The van der Waals surface area contributed by atoms with Crippen LogP contribution in [0.2, 0.25) is 5.02 Å². The van der Waals surface area contributed by atoms with Crippen molar-refractivity contribution in [2.45, 2.75) is 6.61 Å². The SMILES string of the molecule is Nc1cc(C(=O)OCc2ccccc2Cl)c(Br)cc1F. The third-order valence-corrected chi connectivity index (χ3v) is 3.65. The molecule has 2 N–H and O–H groups in total. The topological polar surface area (TPSA) is 52.3 Å². The monoisotopic (exact) mass is 357 g/mol. The number of rotatable bonds is 3. The predicted octanol–water partition coefficient (Wildman–Crippen LogP) is 4.18. The average Bonchev–Trinajstić information content (AvgIpc) is 2.41. The highest BCUT2D eigenvalue weighted by molar-refractivity contribution is 9.10. The number of hydrogen-bond acceptors (Lipinski definition) is 3. The van der Waals surface area contributed by atoms with Gasteiger partial charge in [0.15, 0.2) is 0 Å². The van der Waals surface area contributed by atoms with Crippen LogP contribution >= 0.6 is 27.5 Å². The number of nitrogens with two attached hydrogens (primary N) is 1. The zero-order chi connectivity index (χ0) is 14.7. The molecule has 0 saturated heterocycles. The third-order valence-electron chi connectivity index (χ3n) is 2.62. The van der Waals surface area contributed by atoms with Crippen molar-refractivity contribution in [3.63, 3.8) is 0 Å². The molecule has 0 atom stereocenters. The summed E-state index contributed by atoms with van der Waals surface area (Å²) in [5.74, 6) is -1.21. The highest BCUT2D eigenvalue weighted by atomic mass is 79.9. The molecule has 20 heavy (non-hydrogen) atoms. The van der Waals surface area contributed by atoms with Gasteiger partial charge < -0.3 is 10.5 Å². The van der Waals surface area contributed by atoms with Gasteiger partial charge in [0.25, 0.3) is 0 Å². The van der Waals surface area contributed by atoms with E-state index < -0.39 is 11.8 Å². The number of ether oxygens (including phenoxy) is 1. The van der Waals surface area contributed by atoms with Crippen LogP contribution in [0.5, 0.6) is 0 Å². The normalized spacial score (nSPS) is 10.3. The van der Waals surface area contributed by atoms with E-state index in [1.54, 1.807) is 24.3 Å². The van der Waals surface area contributed by atoms with Crippen LogP contribution in [-0.4, -0.2) is 5.97 Å². The molecular weight excluding hydrogens is 349 g/mol. The molecule has 0 aliphatic carbocycles. The number of carbonyl (C=O) groups is 1. The molecule has 0 radical (unpaired) electrons. The van der Waals surface area contributed by atoms with Crippen LogP contribution in [-0.2, 0) is 11.3 Å². The Morgan fingerprint density at radius 2 is 2.05 bits per heavy atom. The Bertz CT molecular complexity index is 664. The first-order valence-electron chi connectivity index (χ1n) is 5.64. The Morgan fingerprint density at radius 3 is 2.75 bits per heavy atom. The Morgan fingerprint density at radius 1 is 1.35 bits per heavy atom. The van der Waals surface area contributed by atoms with Gasteiger partial charge in [-0.15, -0.1) is 0 Å². The van der Waals surface area contributed by atoms with Crippen LogP contribution < -0.4 is 5.73 Å². The fraction of sp³-hybridized carbons (Fsp3) is 0.0714. The fourth-order valence-electron chi connectivity index (χ4n) is 1.56. The van der Waals surface area contributed by atoms with E-state index >= 15 is 0 Å². The van der Waals surface area contributed by atoms with Crippen LogP contribution in [0.25, 0.3) is 0 Å². The van der Waals surface area contributed by atoms with E-state index in [0.29, 0.717) is 10.6 Å². The molecule has 2 aromatic carbocycles. The molecule has 2 aromatic rings. The van der Waals surface area contributed by atoms with Gasteiger partial charge in [0.2, 0.25) is 0 Å². The van der Waals surface area contributed by atoms with E-state index in [1.165, 1.54) is 6.07 Å². The van der Waals surface area contributed by atoms with E-state index in [1.807, 2.05) is 0 Å². The second-order valence-electron chi connectivity index (χ2n) is 4.02. The first-order chi connectivity index (χ1) is 9.49. The van der Waals surface area contributed by atoms with Gasteiger partial charge >= 0.3 is 5.97 Å². The zero-order valence-electron chi connectivity index (χ0n) is 10.2. The number of benzene rings is 2. The first kappa shape index (κ1) is 14.8. The van der Waals surface area contributed by atoms with E-state index in [2.05, 4.69) is 15.9 Å².